The molecule has 0 atom stereocenters. The topological polar surface area (TPSA) is 54.4 Å². The Labute approximate surface area is 77.7 Å². The van der Waals surface area contributed by atoms with Crippen LogP contribution in [0.5, 0.6) is 0 Å². The maximum absolute atomic E-state index is 12.8. The highest BCUT2D eigenvalue weighted by atomic mass is 35.5. The van der Waals surface area contributed by atoms with E-state index in [9.17, 15) is 14.0 Å². The van der Waals surface area contributed by atoms with Gasteiger partial charge in [-0.3, -0.25) is 4.79 Å². The number of hydrogen-bond donors (Lipinski definition) is 1. The Kier molecular flexibility index (Phi) is 2.63. The first-order chi connectivity index (χ1) is 6.06. The first-order valence-corrected chi connectivity index (χ1v) is 3.61. The number of carboxylic acid groups (broad SMARTS) is 1. The van der Waals surface area contributed by atoms with Crippen LogP contribution in [0.15, 0.2) is 12.1 Å². The molecule has 0 amide bonds. The smallest absolute Gasteiger partial charge is 0.337 e. The first kappa shape index (κ1) is 9.67. The fourth-order valence-corrected chi connectivity index (χ4v) is 1.05. The summed E-state index contributed by atoms with van der Waals surface area (Å²) in [5.41, 5.74) is -0.605. The third-order valence-electron chi connectivity index (χ3n) is 1.44. The zero-order valence-corrected chi connectivity index (χ0v) is 7.01. The Morgan fingerprint density at radius 3 is 2.62 bits per heavy atom. The number of aldehydes is 1. The zero-order chi connectivity index (χ0) is 10.0. The quantitative estimate of drug-likeness (QED) is 0.747. The van der Waals surface area contributed by atoms with E-state index < -0.39 is 11.8 Å². The molecule has 1 N–H and O–H groups in total. The molecule has 0 aliphatic carbocycles. The van der Waals surface area contributed by atoms with Crippen LogP contribution in [0.4, 0.5) is 4.39 Å². The molecule has 1 rings (SSSR count). The van der Waals surface area contributed by atoms with Crippen LogP contribution in [0.25, 0.3) is 0 Å². The summed E-state index contributed by atoms with van der Waals surface area (Å²) >= 11 is 5.42. The van der Waals surface area contributed by atoms with Crippen molar-refractivity contribution in [2.75, 3.05) is 0 Å². The molecule has 0 unspecified atom stereocenters. The molecule has 0 fully saturated rings. The molecule has 3 nitrogen and oxygen atoms in total. The van der Waals surface area contributed by atoms with E-state index in [1.54, 1.807) is 0 Å². The van der Waals surface area contributed by atoms with E-state index in [0.29, 0.717) is 0 Å². The van der Waals surface area contributed by atoms with Gasteiger partial charge in [-0.2, -0.15) is 0 Å². The maximum Gasteiger partial charge on any atom is 0.337 e. The van der Waals surface area contributed by atoms with Gasteiger partial charge in [0.25, 0.3) is 0 Å². The van der Waals surface area contributed by atoms with E-state index >= 15 is 0 Å². The summed E-state index contributed by atoms with van der Waals surface area (Å²) < 4.78 is 12.8. The van der Waals surface area contributed by atoms with Gasteiger partial charge in [-0.15, -0.1) is 0 Å². The van der Waals surface area contributed by atoms with Crippen LogP contribution in [0.2, 0.25) is 5.02 Å². The van der Waals surface area contributed by atoms with Crippen LogP contribution in [0.3, 0.4) is 0 Å². The SMILES string of the molecule is O=Cc1cc(C(=O)O)c(Cl)cc1F. The highest BCUT2D eigenvalue weighted by molar-refractivity contribution is 6.33. The van der Waals surface area contributed by atoms with Gasteiger partial charge < -0.3 is 5.11 Å². The summed E-state index contributed by atoms with van der Waals surface area (Å²) in [6.45, 7) is 0. The van der Waals surface area contributed by atoms with Gasteiger partial charge in [0.2, 0.25) is 0 Å². The van der Waals surface area contributed by atoms with Gasteiger partial charge >= 0.3 is 5.97 Å². The highest BCUT2D eigenvalue weighted by Crippen LogP contribution is 2.19. The Balaban J connectivity index is 3.38. The van der Waals surface area contributed by atoms with Crippen LogP contribution in [-0.2, 0) is 0 Å². The highest BCUT2D eigenvalue weighted by Gasteiger charge is 2.12. The molecule has 0 bridgehead atoms. The van der Waals surface area contributed by atoms with Crippen molar-refractivity contribution in [2.45, 2.75) is 0 Å². The fourth-order valence-electron chi connectivity index (χ4n) is 0.820. The predicted molar refractivity (Wildman–Crippen MR) is 43.8 cm³/mol. The van der Waals surface area contributed by atoms with Crippen molar-refractivity contribution in [2.24, 2.45) is 0 Å². The molecular formula is C8H4ClFO3. The molecule has 0 aliphatic rings. The normalized spacial score (nSPS) is 9.69. The molecule has 0 heterocycles. The maximum atomic E-state index is 12.8. The second kappa shape index (κ2) is 3.53. The lowest BCUT2D eigenvalue weighted by atomic mass is 10.1. The van der Waals surface area contributed by atoms with Gasteiger partial charge in [-0.05, 0) is 12.1 Å². The first-order valence-electron chi connectivity index (χ1n) is 3.23. The average molecular weight is 203 g/mol. The van der Waals surface area contributed by atoms with Gasteiger partial charge in [-0.1, -0.05) is 11.6 Å². The Morgan fingerprint density at radius 1 is 1.54 bits per heavy atom. The molecule has 0 spiro atoms. The molecule has 1 aromatic rings. The lowest BCUT2D eigenvalue weighted by Gasteiger charge is -2.00. The molecule has 0 aromatic heterocycles. The number of aromatic carboxylic acids is 1. The fraction of sp³-hybridized carbons (Fsp3) is 0. The lowest BCUT2D eigenvalue weighted by molar-refractivity contribution is 0.0697. The minimum atomic E-state index is -1.30. The van der Waals surface area contributed by atoms with E-state index in [4.69, 9.17) is 16.7 Å². The van der Waals surface area contributed by atoms with Crippen LogP contribution >= 0.6 is 11.6 Å². The van der Waals surface area contributed by atoms with Crippen LogP contribution in [0, 0.1) is 5.82 Å². The van der Waals surface area contributed by atoms with Crippen molar-refractivity contribution in [1.82, 2.24) is 0 Å². The Hall–Kier alpha value is -1.42. The number of benzene rings is 1. The van der Waals surface area contributed by atoms with E-state index in [-0.39, 0.29) is 22.4 Å². The monoisotopic (exact) mass is 202 g/mol. The number of halogens is 2. The molecule has 0 saturated heterocycles. The second-order valence-electron chi connectivity index (χ2n) is 2.28. The van der Waals surface area contributed by atoms with Gasteiger partial charge in [0.05, 0.1) is 16.1 Å². The van der Waals surface area contributed by atoms with Crippen molar-refractivity contribution >= 4 is 23.9 Å². The largest absolute Gasteiger partial charge is 0.478 e. The van der Waals surface area contributed by atoms with Gasteiger partial charge in [-0.25, -0.2) is 9.18 Å². The summed E-state index contributed by atoms with van der Waals surface area (Å²) in [4.78, 5) is 20.7. The van der Waals surface area contributed by atoms with Crippen LogP contribution in [0.1, 0.15) is 20.7 Å². The second-order valence-corrected chi connectivity index (χ2v) is 2.68. The number of rotatable bonds is 2. The summed E-state index contributed by atoms with van der Waals surface area (Å²) in [7, 11) is 0. The molecule has 0 aliphatic heterocycles. The number of carbonyl (C=O) groups is 2. The van der Waals surface area contributed by atoms with E-state index in [0.717, 1.165) is 12.1 Å². The molecule has 0 radical (unpaired) electrons. The minimum absolute atomic E-state index is 0.226. The van der Waals surface area contributed by atoms with Crippen LogP contribution in [-0.4, -0.2) is 17.4 Å². The zero-order valence-electron chi connectivity index (χ0n) is 6.25. The predicted octanol–water partition coefficient (Wildman–Crippen LogP) is 1.99. The van der Waals surface area contributed by atoms with Crippen molar-refractivity contribution in [1.29, 1.82) is 0 Å². The molecule has 0 saturated carbocycles. The van der Waals surface area contributed by atoms with E-state index in [1.165, 1.54) is 0 Å². The van der Waals surface area contributed by atoms with Crippen LogP contribution < -0.4 is 0 Å². The Morgan fingerprint density at radius 2 is 2.15 bits per heavy atom. The summed E-state index contributed by atoms with van der Waals surface area (Å²) in [5, 5.41) is 8.33. The summed E-state index contributed by atoms with van der Waals surface area (Å²) in [6, 6.07) is 1.70. The number of carboxylic acids is 1. The Bertz CT molecular complexity index is 376. The minimum Gasteiger partial charge on any atom is -0.478 e. The summed E-state index contributed by atoms with van der Waals surface area (Å²) in [5.74, 6) is -2.13. The van der Waals surface area contributed by atoms with E-state index in [1.807, 2.05) is 0 Å². The molecule has 68 valence electrons. The van der Waals surface area contributed by atoms with E-state index in [2.05, 4.69) is 0 Å². The van der Waals surface area contributed by atoms with Crippen molar-refractivity contribution < 1.29 is 19.1 Å². The molecule has 13 heavy (non-hydrogen) atoms. The molecular weight excluding hydrogens is 199 g/mol. The standard InChI is InChI=1S/C8H4ClFO3/c9-6-2-7(10)4(3-11)1-5(6)8(12)13/h1-3H,(H,12,13). The van der Waals surface area contributed by atoms with Gasteiger partial charge in [0.1, 0.15) is 5.82 Å². The molecule has 5 heteroatoms. The van der Waals surface area contributed by atoms with Crippen molar-refractivity contribution in [3.63, 3.8) is 0 Å². The van der Waals surface area contributed by atoms with Crippen molar-refractivity contribution in [3.8, 4) is 0 Å². The molecule has 1 aromatic carbocycles. The van der Waals surface area contributed by atoms with Gasteiger partial charge in [0, 0.05) is 0 Å². The number of carbonyl (C=O) groups excluding carboxylic acids is 1. The lowest BCUT2D eigenvalue weighted by Crippen LogP contribution is -2.00. The average Bonchev–Trinajstić information content (AvgIpc) is 2.03. The third-order valence-corrected chi connectivity index (χ3v) is 1.76. The summed E-state index contributed by atoms with van der Waals surface area (Å²) in [6.07, 6.45) is 0.234. The van der Waals surface area contributed by atoms with Crippen molar-refractivity contribution in [3.05, 3.63) is 34.1 Å². The third kappa shape index (κ3) is 1.84. The van der Waals surface area contributed by atoms with Gasteiger partial charge in [0.15, 0.2) is 6.29 Å². The number of hydrogen-bond acceptors (Lipinski definition) is 2.